The van der Waals surface area contributed by atoms with Crippen LogP contribution in [0, 0.1) is 0 Å². The van der Waals surface area contributed by atoms with E-state index in [4.69, 9.17) is 10.1 Å². The number of H-pyrrole nitrogens is 1. The smallest absolute Gasteiger partial charge is 0.153 e. The van der Waals surface area contributed by atoms with E-state index in [0.717, 1.165) is 50.7 Å². The van der Waals surface area contributed by atoms with Crippen molar-refractivity contribution in [3.05, 3.63) is 23.5 Å². The lowest BCUT2D eigenvalue weighted by atomic mass is 10.1. The van der Waals surface area contributed by atoms with Crippen molar-refractivity contribution >= 4 is 5.69 Å². The van der Waals surface area contributed by atoms with Crippen molar-refractivity contribution in [2.45, 2.75) is 65.2 Å². The molecule has 0 aromatic carbocycles. The first-order valence-corrected chi connectivity index (χ1v) is 9.07. The molecule has 0 radical (unpaired) electrons. The maximum Gasteiger partial charge on any atom is 0.153 e. The zero-order valence-corrected chi connectivity index (χ0v) is 14.9. The number of fused-ring (bicyclic) bond motifs is 2. The van der Waals surface area contributed by atoms with Crippen LogP contribution in [0.1, 0.15) is 44.5 Å². The summed E-state index contributed by atoms with van der Waals surface area (Å²) in [6.07, 6.45) is 5.11. The van der Waals surface area contributed by atoms with Gasteiger partial charge >= 0.3 is 0 Å². The molecule has 7 heteroatoms. The standard InChI is InChI=1S/C17H27N7/c1-12(2)22-7-8-24-17(11-22)19-16(21-24)9-13(3)23-6-4-5-14-15(23)10-18-20-14/h10,12-13H,4-9,11H2,1-3H3,(H,18,20). The average molecular weight is 329 g/mol. The topological polar surface area (TPSA) is 65.9 Å². The largest absolute Gasteiger partial charge is 0.366 e. The van der Waals surface area contributed by atoms with Crippen LogP contribution in [0.25, 0.3) is 0 Å². The molecule has 2 aliphatic rings. The third-order valence-corrected chi connectivity index (χ3v) is 5.31. The minimum Gasteiger partial charge on any atom is -0.366 e. The molecule has 0 aliphatic carbocycles. The van der Waals surface area contributed by atoms with Crippen LogP contribution < -0.4 is 4.90 Å². The van der Waals surface area contributed by atoms with Crippen LogP contribution in [0.2, 0.25) is 0 Å². The third-order valence-electron chi connectivity index (χ3n) is 5.31. The quantitative estimate of drug-likeness (QED) is 0.923. The lowest BCUT2D eigenvalue weighted by Gasteiger charge is -2.33. The van der Waals surface area contributed by atoms with Crippen LogP contribution in [-0.2, 0) is 25.9 Å². The first-order chi connectivity index (χ1) is 11.6. The molecule has 4 heterocycles. The van der Waals surface area contributed by atoms with E-state index in [0.29, 0.717) is 12.1 Å². The van der Waals surface area contributed by atoms with Crippen LogP contribution in [0.15, 0.2) is 6.20 Å². The zero-order valence-electron chi connectivity index (χ0n) is 14.9. The van der Waals surface area contributed by atoms with Crippen molar-refractivity contribution in [2.24, 2.45) is 0 Å². The Morgan fingerprint density at radius 1 is 1.21 bits per heavy atom. The Morgan fingerprint density at radius 3 is 2.92 bits per heavy atom. The lowest BCUT2D eigenvalue weighted by molar-refractivity contribution is 0.167. The first kappa shape index (κ1) is 15.6. The zero-order chi connectivity index (χ0) is 16.7. The van der Waals surface area contributed by atoms with E-state index in [2.05, 4.69) is 45.5 Å². The molecule has 1 unspecified atom stereocenters. The van der Waals surface area contributed by atoms with Crippen LogP contribution in [0.4, 0.5) is 5.69 Å². The fourth-order valence-corrected chi connectivity index (χ4v) is 3.85. The summed E-state index contributed by atoms with van der Waals surface area (Å²) in [5.74, 6) is 2.08. The van der Waals surface area contributed by atoms with Crippen LogP contribution in [0.5, 0.6) is 0 Å². The molecule has 0 bridgehead atoms. The Bertz CT molecular complexity index is 702. The van der Waals surface area contributed by atoms with Crippen molar-refractivity contribution in [2.75, 3.05) is 18.0 Å². The van der Waals surface area contributed by atoms with E-state index in [-0.39, 0.29) is 0 Å². The summed E-state index contributed by atoms with van der Waals surface area (Å²) in [4.78, 5) is 9.73. The van der Waals surface area contributed by atoms with E-state index < -0.39 is 0 Å². The van der Waals surface area contributed by atoms with E-state index in [9.17, 15) is 0 Å². The predicted octanol–water partition coefficient (Wildman–Crippen LogP) is 1.61. The highest BCUT2D eigenvalue weighted by Crippen LogP contribution is 2.27. The van der Waals surface area contributed by atoms with Gasteiger partial charge in [-0.1, -0.05) is 0 Å². The monoisotopic (exact) mass is 329 g/mol. The summed E-state index contributed by atoms with van der Waals surface area (Å²) in [7, 11) is 0. The number of rotatable bonds is 4. The molecule has 2 aliphatic heterocycles. The second kappa shape index (κ2) is 6.20. The van der Waals surface area contributed by atoms with Gasteiger partial charge in [0.2, 0.25) is 0 Å². The molecule has 0 amide bonds. The first-order valence-electron chi connectivity index (χ1n) is 9.07. The van der Waals surface area contributed by atoms with Crippen molar-refractivity contribution in [3.63, 3.8) is 0 Å². The van der Waals surface area contributed by atoms with Crippen LogP contribution in [0.3, 0.4) is 0 Å². The lowest BCUT2D eigenvalue weighted by Crippen LogP contribution is -2.38. The van der Waals surface area contributed by atoms with Gasteiger partial charge in [0.25, 0.3) is 0 Å². The molecule has 2 aromatic heterocycles. The Kier molecular flexibility index (Phi) is 4.04. The van der Waals surface area contributed by atoms with Gasteiger partial charge in [-0.05, 0) is 33.6 Å². The van der Waals surface area contributed by atoms with Gasteiger partial charge in [0.1, 0.15) is 5.82 Å². The highest BCUT2D eigenvalue weighted by Gasteiger charge is 2.26. The summed E-state index contributed by atoms with van der Waals surface area (Å²) in [5.41, 5.74) is 2.52. The van der Waals surface area contributed by atoms with Crippen molar-refractivity contribution < 1.29 is 0 Å². The summed E-state index contributed by atoms with van der Waals surface area (Å²) in [6.45, 7) is 10.8. The molecule has 24 heavy (non-hydrogen) atoms. The summed E-state index contributed by atoms with van der Waals surface area (Å²) >= 11 is 0. The molecule has 2 aromatic rings. The van der Waals surface area contributed by atoms with Crippen LogP contribution in [-0.4, -0.2) is 55.0 Å². The van der Waals surface area contributed by atoms with E-state index in [1.54, 1.807) is 0 Å². The third kappa shape index (κ3) is 2.81. The van der Waals surface area contributed by atoms with E-state index in [1.807, 2.05) is 6.20 Å². The number of hydrogen-bond donors (Lipinski definition) is 1. The normalized spacial score (nSPS) is 19.4. The highest BCUT2D eigenvalue weighted by molar-refractivity contribution is 5.51. The Morgan fingerprint density at radius 2 is 2.08 bits per heavy atom. The second-order valence-electron chi connectivity index (χ2n) is 7.32. The van der Waals surface area contributed by atoms with Gasteiger partial charge in [-0.3, -0.25) is 10.00 Å². The van der Waals surface area contributed by atoms with Crippen LogP contribution >= 0.6 is 0 Å². The molecule has 0 fully saturated rings. The van der Waals surface area contributed by atoms with E-state index in [1.165, 1.54) is 17.8 Å². The molecule has 1 atom stereocenters. The second-order valence-corrected chi connectivity index (χ2v) is 7.32. The molecule has 7 nitrogen and oxygen atoms in total. The van der Waals surface area contributed by atoms with Gasteiger partial charge in [0, 0.05) is 31.6 Å². The van der Waals surface area contributed by atoms with Gasteiger partial charge in [-0.2, -0.15) is 10.2 Å². The number of hydrogen-bond acceptors (Lipinski definition) is 5. The number of aryl methyl sites for hydroxylation is 1. The summed E-state index contributed by atoms with van der Waals surface area (Å²) in [5, 5.41) is 12.1. The molecule has 0 saturated carbocycles. The highest BCUT2D eigenvalue weighted by atomic mass is 15.4. The van der Waals surface area contributed by atoms with Crippen molar-refractivity contribution in [1.82, 2.24) is 29.9 Å². The SMILES string of the molecule is CC(C)N1CCn2nc(CC(C)N3CCCc4[nH]ncc43)nc2C1. The van der Waals surface area contributed by atoms with Gasteiger partial charge in [-0.25, -0.2) is 9.67 Å². The number of anilines is 1. The molecule has 0 spiro atoms. The molecule has 130 valence electrons. The van der Waals surface area contributed by atoms with Gasteiger partial charge < -0.3 is 4.90 Å². The Labute approximate surface area is 143 Å². The van der Waals surface area contributed by atoms with Crippen molar-refractivity contribution in [3.8, 4) is 0 Å². The molecule has 1 N–H and O–H groups in total. The Hall–Kier alpha value is -1.89. The molecular formula is C17H27N7. The number of nitrogens with zero attached hydrogens (tertiary/aromatic N) is 6. The summed E-state index contributed by atoms with van der Waals surface area (Å²) < 4.78 is 2.10. The fourth-order valence-electron chi connectivity index (χ4n) is 3.85. The number of nitrogens with one attached hydrogen (secondary N) is 1. The van der Waals surface area contributed by atoms with Gasteiger partial charge in [0.05, 0.1) is 30.7 Å². The van der Waals surface area contributed by atoms with E-state index >= 15 is 0 Å². The maximum atomic E-state index is 4.82. The summed E-state index contributed by atoms with van der Waals surface area (Å²) in [6, 6.07) is 0.943. The average Bonchev–Trinajstić information content (AvgIpc) is 3.19. The number of aromatic amines is 1. The predicted molar refractivity (Wildman–Crippen MR) is 93.0 cm³/mol. The minimum absolute atomic E-state index is 0.382. The molecular weight excluding hydrogens is 302 g/mol. The van der Waals surface area contributed by atoms with Crippen molar-refractivity contribution in [1.29, 1.82) is 0 Å². The van der Waals surface area contributed by atoms with Gasteiger partial charge in [0.15, 0.2) is 5.82 Å². The number of aromatic nitrogens is 5. The fraction of sp³-hybridized carbons (Fsp3) is 0.706. The molecule has 0 saturated heterocycles. The maximum absolute atomic E-state index is 4.82. The van der Waals surface area contributed by atoms with Gasteiger partial charge in [-0.15, -0.1) is 0 Å². The molecule has 4 rings (SSSR count). The minimum atomic E-state index is 0.382. The Balaban J connectivity index is 1.47.